The highest BCUT2D eigenvalue weighted by molar-refractivity contribution is 5.76. The average Bonchev–Trinajstić information content (AvgIpc) is 2.30. The van der Waals surface area contributed by atoms with Crippen molar-refractivity contribution >= 4 is 5.91 Å². The van der Waals surface area contributed by atoms with Crippen LogP contribution >= 0.6 is 0 Å². The highest BCUT2D eigenvalue weighted by atomic mass is 16.2. The summed E-state index contributed by atoms with van der Waals surface area (Å²) < 4.78 is 0. The van der Waals surface area contributed by atoms with E-state index in [0.717, 1.165) is 38.8 Å². The van der Waals surface area contributed by atoms with Gasteiger partial charge in [-0.15, -0.1) is 0 Å². The molecule has 0 rings (SSSR count). The van der Waals surface area contributed by atoms with Gasteiger partial charge in [0, 0.05) is 25.6 Å². The first-order chi connectivity index (χ1) is 8.08. The van der Waals surface area contributed by atoms with Crippen molar-refractivity contribution in [3.63, 3.8) is 0 Å². The number of amides is 1. The highest BCUT2D eigenvalue weighted by Crippen LogP contribution is 2.11. The van der Waals surface area contributed by atoms with E-state index >= 15 is 0 Å². The molecule has 0 aliphatic heterocycles. The molecule has 3 heteroatoms. The minimum Gasteiger partial charge on any atom is -0.343 e. The SMILES string of the molecule is CCCC(N)CC(=O)N(CC)CC(CC)CC. The van der Waals surface area contributed by atoms with Gasteiger partial charge in [0.1, 0.15) is 0 Å². The van der Waals surface area contributed by atoms with E-state index in [9.17, 15) is 4.79 Å². The number of carbonyl (C=O) groups is 1. The summed E-state index contributed by atoms with van der Waals surface area (Å²) in [6.45, 7) is 10.2. The molecule has 0 aromatic heterocycles. The molecule has 0 aliphatic rings. The third kappa shape index (κ3) is 6.67. The van der Waals surface area contributed by atoms with Crippen LogP contribution in [0.3, 0.4) is 0 Å². The summed E-state index contributed by atoms with van der Waals surface area (Å²) in [6.07, 6.45) is 4.77. The van der Waals surface area contributed by atoms with Crippen molar-refractivity contribution in [2.24, 2.45) is 11.7 Å². The lowest BCUT2D eigenvalue weighted by Gasteiger charge is -2.26. The molecule has 0 saturated heterocycles. The molecule has 1 amide bonds. The zero-order valence-electron chi connectivity index (χ0n) is 12.0. The summed E-state index contributed by atoms with van der Waals surface area (Å²) in [5, 5.41) is 0. The molecule has 0 radical (unpaired) electrons. The van der Waals surface area contributed by atoms with Crippen molar-refractivity contribution in [1.82, 2.24) is 4.90 Å². The Morgan fingerprint density at radius 3 is 2.18 bits per heavy atom. The molecule has 0 aromatic rings. The number of carbonyl (C=O) groups excluding carboxylic acids is 1. The summed E-state index contributed by atoms with van der Waals surface area (Å²) in [4.78, 5) is 14.0. The average molecular weight is 242 g/mol. The van der Waals surface area contributed by atoms with Crippen molar-refractivity contribution in [2.75, 3.05) is 13.1 Å². The third-order valence-electron chi connectivity index (χ3n) is 3.46. The lowest BCUT2D eigenvalue weighted by atomic mass is 10.0. The Labute approximate surface area is 107 Å². The van der Waals surface area contributed by atoms with Crippen LogP contribution in [0.5, 0.6) is 0 Å². The van der Waals surface area contributed by atoms with Crippen LogP contribution in [0.25, 0.3) is 0 Å². The van der Waals surface area contributed by atoms with Crippen molar-refractivity contribution in [1.29, 1.82) is 0 Å². The van der Waals surface area contributed by atoms with Gasteiger partial charge in [-0.3, -0.25) is 4.79 Å². The van der Waals surface area contributed by atoms with Gasteiger partial charge in [0.15, 0.2) is 0 Å². The molecule has 0 spiro atoms. The molecule has 0 aliphatic carbocycles. The Kier molecular flexibility index (Phi) is 9.14. The molecule has 0 bridgehead atoms. The van der Waals surface area contributed by atoms with Crippen molar-refractivity contribution in [2.45, 2.75) is 65.8 Å². The van der Waals surface area contributed by atoms with E-state index < -0.39 is 0 Å². The normalized spacial score (nSPS) is 12.8. The van der Waals surface area contributed by atoms with Crippen molar-refractivity contribution in [3.8, 4) is 0 Å². The fourth-order valence-corrected chi connectivity index (χ4v) is 2.09. The number of nitrogens with zero attached hydrogens (tertiary/aromatic N) is 1. The fraction of sp³-hybridized carbons (Fsp3) is 0.929. The fourth-order valence-electron chi connectivity index (χ4n) is 2.09. The maximum Gasteiger partial charge on any atom is 0.224 e. The molecule has 0 saturated carbocycles. The van der Waals surface area contributed by atoms with Gasteiger partial charge in [0.25, 0.3) is 0 Å². The van der Waals surface area contributed by atoms with Crippen LogP contribution in [-0.4, -0.2) is 29.9 Å². The van der Waals surface area contributed by atoms with Crippen LogP contribution in [-0.2, 0) is 4.79 Å². The van der Waals surface area contributed by atoms with Crippen LogP contribution in [0.1, 0.15) is 59.8 Å². The lowest BCUT2D eigenvalue weighted by molar-refractivity contribution is -0.132. The smallest absolute Gasteiger partial charge is 0.224 e. The van der Waals surface area contributed by atoms with E-state index in [0.29, 0.717) is 12.3 Å². The van der Waals surface area contributed by atoms with Gasteiger partial charge in [-0.1, -0.05) is 40.0 Å². The third-order valence-corrected chi connectivity index (χ3v) is 3.46. The minimum atomic E-state index is 0.0308. The van der Waals surface area contributed by atoms with Gasteiger partial charge < -0.3 is 10.6 Å². The van der Waals surface area contributed by atoms with Gasteiger partial charge in [-0.25, -0.2) is 0 Å². The number of nitrogens with two attached hydrogens (primary N) is 1. The summed E-state index contributed by atoms with van der Waals surface area (Å²) in [7, 11) is 0. The lowest BCUT2D eigenvalue weighted by Crippen LogP contribution is -2.38. The predicted octanol–water partition coefficient (Wildman–Crippen LogP) is 2.79. The maximum absolute atomic E-state index is 12.1. The topological polar surface area (TPSA) is 46.3 Å². The standard InChI is InChI=1S/C14H30N2O/c1-5-9-13(15)10-14(17)16(8-4)11-12(6-2)7-3/h12-13H,5-11,15H2,1-4H3. The second-order valence-corrected chi connectivity index (χ2v) is 4.87. The van der Waals surface area contributed by atoms with E-state index in [1.807, 2.05) is 11.8 Å². The molecule has 102 valence electrons. The van der Waals surface area contributed by atoms with E-state index in [4.69, 9.17) is 5.73 Å². The molecular formula is C14H30N2O. The van der Waals surface area contributed by atoms with E-state index in [1.165, 1.54) is 0 Å². The van der Waals surface area contributed by atoms with E-state index in [1.54, 1.807) is 0 Å². The largest absolute Gasteiger partial charge is 0.343 e. The van der Waals surface area contributed by atoms with Gasteiger partial charge >= 0.3 is 0 Å². The van der Waals surface area contributed by atoms with Gasteiger partial charge in [0.2, 0.25) is 5.91 Å². The minimum absolute atomic E-state index is 0.0308. The van der Waals surface area contributed by atoms with Crippen LogP contribution in [0, 0.1) is 5.92 Å². The second kappa shape index (κ2) is 9.46. The monoisotopic (exact) mass is 242 g/mol. The van der Waals surface area contributed by atoms with E-state index in [2.05, 4.69) is 20.8 Å². The Balaban J connectivity index is 4.20. The first kappa shape index (κ1) is 16.4. The van der Waals surface area contributed by atoms with Crippen LogP contribution in [0.2, 0.25) is 0 Å². The Morgan fingerprint density at radius 1 is 1.18 bits per heavy atom. The number of rotatable bonds is 9. The van der Waals surface area contributed by atoms with Gasteiger partial charge in [0.05, 0.1) is 0 Å². The Morgan fingerprint density at radius 2 is 1.76 bits per heavy atom. The molecule has 1 atom stereocenters. The Bertz CT molecular complexity index is 202. The first-order valence-corrected chi connectivity index (χ1v) is 7.12. The molecular weight excluding hydrogens is 212 g/mol. The summed E-state index contributed by atoms with van der Waals surface area (Å²) >= 11 is 0. The molecule has 0 heterocycles. The summed E-state index contributed by atoms with van der Waals surface area (Å²) in [5.74, 6) is 0.849. The highest BCUT2D eigenvalue weighted by Gasteiger charge is 2.17. The quantitative estimate of drug-likeness (QED) is 0.676. The molecule has 3 nitrogen and oxygen atoms in total. The molecule has 2 N–H and O–H groups in total. The molecule has 0 fully saturated rings. The summed E-state index contributed by atoms with van der Waals surface area (Å²) in [5.41, 5.74) is 5.93. The number of hydrogen-bond donors (Lipinski definition) is 1. The molecule has 17 heavy (non-hydrogen) atoms. The zero-order valence-corrected chi connectivity index (χ0v) is 12.0. The predicted molar refractivity (Wildman–Crippen MR) is 73.8 cm³/mol. The molecule has 0 aromatic carbocycles. The van der Waals surface area contributed by atoms with Crippen molar-refractivity contribution < 1.29 is 4.79 Å². The summed E-state index contributed by atoms with van der Waals surface area (Å²) in [6, 6.07) is 0.0308. The van der Waals surface area contributed by atoms with Crippen LogP contribution < -0.4 is 5.73 Å². The maximum atomic E-state index is 12.1. The van der Waals surface area contributed by atoms with Crippen LogP contribution in [0.4, 0.5) is 0 Å². The molecule has 1 unspecified atom stereocenters. The van der Waals surface area contributed by atoms with Crippen LogP contribution in [0.15, 0.2) is 0 Å². The van der Waals surface area contributed by atoms with E-state index in [-0.39, 0.29) is 11.9 Å². The second-order valence-electron chi connectivity index (χ2n) is 4.87. The first-order valence-electron chi connectivity index (χ1n) is 7.12. The number of hydrogen-bond acceptors (Lipinski definition) is 2. The Hall–Kier alpha value is -0.570. The van der Waals surface area contributed by atoms with Gasteiger partial charge in [-0.2, -0.15) is 0 Å². The van der Waals surface area contributed by atoms with Crippen molar-refractivity contribution in [3.05, 3.63) is 0 Å². The van der Waals surface area contributed by atoms with Gasteiger partial charge in [-0.05, 0) is 19.3 Å². The zero-order chi connectivity index (χ0) is 13.3.